The summed E-state index contributed by atoms with van der Waals surface area (Å²) in [6.07, 6.45) is 6.30. The Morgan fingerprint density at radius 1 is 0.860 bits per heavy atom. The summed E-state index contributed by atoms with van der Waals surface area (Å²) in [5.74, 6) is -1.18. The van der Waals surface area contributed by atoms with Crippen molar-refractivity contribution in [3.05, 3.63) is 107 Å². The van der Waals surface area contributed by atoms with Crippen molar-refractivity contribution in [1.29, 1.82) is 0 Å². The molecule has 0 spiro atoms. The number of hydrogen-bond acceptors (Lipinski definition) is 12. The van der Waals surface area contributed by atoms with E-state index < -0.39 is 17.7 Å². The first-order chi connectivity index (χ1) is 27.4. The highest BCUT2D eigenvalue weighted by molar-refractivity contribution is 7.99. The van der Waals surface area contributed by atoms with Crippen molar-refractivity contribution in [2.75, 3.05) is 67.4 Å². The summed E-state index contributed by atoms with van der Waals surface area (Å²) in [4.78, 5) is 28.5. The molecule has 57 heavy (non-hydrogen) atoms. The summed E-state index contributed by atoms with van der Waals surface area (Å²) in [6.45, 7) is 4.64. The quantitative estimate of drug-likeness (QED) is 0.132. The molecule has 2 unspecified atom stereocenters. The largest absolute Gasteiger partial charge is 0.497 e. The number of carbonyl (C=O) groups is 2. The third kappa shape index (κ3) is 9.71. The van der Waals surface area contributed by atoms with Crippen LogP contribution in [0.15, 0.2) is 99.6 Å². The second-order valence-electron chi connectivity index (χ2n) is 13.5. The van der Waals surface area contributed by atoms with Gasteiger partial charge in [0.1, 0.15) is 17.2 Å². The van der Waals surface area contributed by atoms with Gasteiger partial charge < -0.3 is 43.9 Å². The van der Waals surface area contributed by atoms with Gasteiger partial charge in [-0.3, -0.25) is 4.90 Å². The van der Waals surface area contributed by atoms with Gasteiger partial charge in [0.05, 0.1) is 21.3 Å². The first-order valence-electron chi connectivity index (χ1n) is 18.2. The van der Waals surface area contributed by atoms with Gasteiger partial charge in [-0.15, -0.1) is 11.8 Å². The lowest BCUT2D eigenvalue weighted by Gasteiger charge is -2.39. The van der Waals surface area contributed by atoms with Gasteiger partial charge in [0, 0.05) is 87.9 Å². The zero-order valence-corrected chi connectivity index (χ0v) is 34.0. The normalized spacial score (nSPS) is 19.3. The Balaban J connectivity index is 0.000000163. The van der Waals surface area contributed by atoms with Gasteiger partial charge in [-0.1, -0.05) is 30.0 Å². The number of piperazine rings is 1. The van der Waals surface area contributed by atoms with Gasteiger partial charge in [0.15, 0.2) is 18.1 Å². The van der Waals surface area contributed by atoms with Crippen molar-refractivity contribution in [3.8, 4) is 28.7 Å². The third-order valence-electron chi connectivity index (χ3n) is 9.95. The number of aliphatic hydroxyl groups is 1. The fourth-order valence-corrected chi connectivity index (χ4v) is 8.50. The lowest BCUT2D eigenvalue weighted by Crippen LogP contribution is -2.47. The van der Waals surface area contributed by atoms with E-state index in [1.165, 1.54) is 38.9 Å². The predicted octanol–water partition coefficient (Wildman–Crippen LogP) is 6.84. The SMILES string of the molecule is COc1ccc2c(c1)OC1(O)COc3cc(OC)c(OC)cc3C1=C2.CSc1ccc2c(c1)C(N1CCN(C)CC1)Cc1ccccc1S2.O=C(O)C=CC(=O)O. The van der Waals surface area contributed by atoms with E-state index in [0.29, 0.717) is 58.1 Å². The minimum absolute atomic E-state index is 0.0298. The number of hydrogen-bond donors (Lipinski definition) is 3. The molecule has 2 atom stereocenters. The number of methoxy groups -OCH3 is 3. The minimum atomic E-state index is -1.58. The van der Waals surface area contributed by atoms with Crippen LogP contribution in [0, 0.1) is 0 Å². The summed E-state index contributed by atoms with van der Waals surface area (Å²) in [5.41, 5.74) is 5.18. The minimum Gasteiger partial charge on any atom is -0.497 e. The second kappa shape index (κ2) is 18.4. The maximum Gasteiger partial charge on any atom is 0.328 e. The summed E-state index contributed by atoms with van der Waals surface area (Å²) in [7, 11) is 6.94. The van der Waals surface area contributed by atoms with E-state index in [4.69, 9.17) is 33.9 Å². The van der Waals surface area contributed by atoms with Crippen LogP contribution in [0.5, 0.6) is 28.7 Å². The predicted molar refractivity (Wildman–Crippen MR) is 220 cm³/mol. The molecule has 0 amide bonds. The standard InChI is InChI=1S/C20H24N2S2.C19H18O6.C4H4O4/c1-21-9-11-22(12-10-21)18-13-15-5-3-4-6-19(15)24-20-8-7-16(23-2)14-17(18)20;1-21-12-5-4-11-6-14-13-8-17(22-2)18(23-3)9-16(13)24-10-19(14,20)25-15(11)7-12;5-3(6)1-2-4(7)8/h3-8,14,18H,9-13H2,1-2H3;4-9,20H,10H2,1-3H3;1-2H,(H,5,6)(H,7,8). The third-order valence-corrected chi connectivity index (χ3v) is 11.9. The number of ether oxygens (including phenoxy) is 5. The fraction of sp³-hybridized carbons (Fsp3) is 0.302. The molecule has 14 heteroatoms. The van der Waals surface area contributed by atoms with Crippen molar-refractivity contribution in [2.24, 2.45) is 0 Å². The maximum atomic E-state index is 11.0. The molecule has 0 saturated carbocycles. The number of fused-ring (bicyclic) bond motifs is 6. The van der Waals surface area contributed by atoms with Crippen molar-refractivity contribution < 1.29 is 48.6 Å². The van der Waals surface area contributed by atoms with E-state index in [1.54, 1.807) is 39.5 Å². The molecule has 4 aromatic carbocycles. The molecule has 12 nitrogen and oxygen atoms in total. The van der Waals surface area contributed by atoms with E-state index in [-0.39, 0.29) is 6.61 Å². The first kappa shape index (κ1) is 41.5. The number of likely N-dealkylation sites (N-methyl/N-ethyl adjacent to an activating group) is 1. The van der Waals surface area contributed by atoms with E-state index in [9.17, 15) is 14.7 Å². The van der Waals surface area contributed by atoms with Crippen molar-refractivity contribution >= 4 is 47.1 Å². The monoisotopic (exact) mass is 814 g/mol. The maximum absolute atomic E-state index is 11.0. The van der Waals surface area contributed by atoms with Crippen molar-refractivity contribution in [2.45, 2.75) is 32.9 Å². The molecule has 4 heterocycles. The van der Waals surface area contributed by atoms with Crippen LogP contribution in [0.25, 0.3) is 11.6 Å². The summed E-state index contributed by atoms with van der Waals surface area (Å²) >= 11 is 3.79. The van der Waals surface area contributed by atoms with Gasteiger partial charge >= 0.3 is 11.9 Å². The Labute approximate surface area is 340 Å². The van der Waals surface area contributed by atoms with E-state index >= 15 is 0 Å². The smallest absolute Gasteiger partial charge is 0.328 e. The van der Waals surface area contributed by atoms with Crippen LogP contribution in [0.4, 0.5) is 0 Å². The van der Waals surface area contributed by atoms with Crippen LogP contribution < -0.4 is 23.7 Å². The lowest BCUT2D eigenvalue weighted by atomic mass is 9.90. The van der Waals surface area contributed by atoms with E-state index in [0.717, 1.165) is 25.1 Å². The number of carboxylic acids is 2. The van der Waals surface area contributed by atoms with Crippen LogP contribution in [0.2, 0.25) is 0 Å². The number of nitrogens with zero attached hydrogens (tertiary/aromatic N) is 2. The van der Waals surface area contributed by atoms with E-state index in [1.807, 2.05) is 41.7 Å². The Bertz CT molecular complexity index is 2150. The lowest BCUT2D eigenvalue weighted by molar-refractivity contribution is -0.134. The highest BCUT2D eigenvalue weighted by atomic mass is 32.2. The summed E-state index contributed by atoms with van der Waals surface area (Å²) in [5, 5.41) is 26.6. The highest BCUT2D eigenvalue weighted by Crippen LogP contribution is 2.49. The number of thioether (sulfide) groups is 1. The Morgan fingerprint density at radius 3 is 2.23 bits per heavy atom. The second-order valence-corrected chi connectivity index (χ2v) is 15.5. The highest BCUT2D eigenvalue weighted by Gasteiger charge is 2.44. The van der Waals surface area contributed by atoms with Gasteiger partial charge in [0.25, 0.3) is 5.79 Å². The van der Waals surface area contributed by atoms with Gasteiger partial charge in [-0.05, 0) is 79.4 Å². The molecule has 1 saturated heterocycles. The van der Waals surface area contributed by atoms with Gasteiger partial charge in [-0.25, -0.2) is 9.59 Å². The molecule has 4 aromatic rings. The summed E-state index contributed by atoms with van der Waals surface area (Å²) in [6, 6.07) is 25.5. The summed E-state index contributed by atoms with van der Waals surface area (Å²) < 4.78 is 27.5. The topological polar surface area (TPSA) is 147 Å². The van der Waals surface area contributed by atoms with Gasteiger partial charge in [-0.2, -0.15) is 0 Å². The molecule has 0 aromatic heterocycles. The molecule has 0 radical (unpaired) electrons. The molecule has 0 aliphatic carbocycles. The molecular weight excluding hydrogens is 769 g/mol. The van der Waals surface area contributed by atoms with Crippen LogP contribution in [-0.2, 0) is 16.0 Å². The van der Waals surface area contributed by atoms with Crippen LogP contribution in [0.1, 0.15) is 28.3 Å². The average Bonchev–Trinajstić information content (AvgIpc) is 3.38. The zero-order valence-electron chi connectivity index (χ0n) is 32.4. The Kier molecular flexibility index (Phi) is 13.4. The molecule has 8 rings (SSSR count). The number of carboxylic acid groups (broad SMARTS) is 2. The molecule has 3 N–H and O–H groups in total. The molecule has 1 fully saturated rings. The zero-order chi connectivity index (χ0) is 40.7. The van der Waals surface area contributed by atoms with Crippen LogP contribution in [0.3, 0.4) is 0 Å². The van der Waals surface area contributed by atoms with E-state index in [2.05, 4.69) is 65.6 Å². The Hall–Kier alpha value is -5.12. The van der Waals surface area contributed by atoms with Crippen LogP contribution in [-0.4, -0.2) is 110 Å². The average molecular weight is 815 g/mol. The number of aliphatic carboxylic acids is 2. The molecule has 300 valence electrons. The van der Waals surface area contributed by atoms with Gasteiger partial charge in [0.2, 0.25) is 0 Å². The molecule has 0 bridgehead atoms. The molecular formula is C43H46N2O10S2. The van der Waals surface area contributed by atoms with Crippen molar-refractivity contribution in [3.63, 3.8) is 0 Å². The molecule has 4 aliphatic heterocycles. The van der Waals surface area contributed by atoms with Crippen LogP contribution >= 0.6 is 23.5 Å². The van der Waals surface area contributed by atoms with Crippen molar-refractivity contribution in [1.82, 2.24) is 9.80 Å². The number of rotatable bonds is 7. The first-order valence-corrected chi connectivity index (χ1v) is 20.2. The number of benzene rings is 4. The Morgan fingerprint density at radius 2 is 1.56 bits per heavy atom. The fourth-order valence-electron chi connectivity index (χ4n) is 6.93. The molecule has 4 aliphatic rings.